The molecule has 16 heavy (non-hydrogen) atoms. The normalized spacial score (nSPS) is 20.4. The van der Waals surface area contributed by atoms with Crippen LogP contribution in [0.2, 0.25) is 0 Å². The van der Waals surface area contributed by atoms with Crippen molar-refractivity contribution in [3.05, 3.63) is 29.3 Å². The molecule has 2 nitrogen and oxygen atoms in total. The van der Waals surface area contributed by atoms with Crippen molar-refractivity contribution in [3.8, 4) is 0 Å². The number of nitrogens with zero attached hydrogens (tertiary/aromatic N) is 1. The number of hydrogen-bond acceptors (Lipinski definition) is 2. The van der Waals surface area contributed by atoms with Crippen molar-refractivity contribution in [2.45, 2.75) is 26.8 Å². The van der Waals surface area contributed by atoms with E-state index in [4.69, 9.17) is 0 Å². The van der Waals surface area contributed by atoms with Crippen molar-refractivity contribution < 1.29 is 0 Å². The summed E-state index contributed by atoms with van der Waals surface area (Å²) >= 11 is 0. The lowest BCUT2D eigenvalue weighted by Crippen LogP contribution is -2.20. The van der Waals surface area contributed by atoms with Gasteiger partial charge in [0.05, 0.1) is 0 Å². The van der Waals surface area contributed by atoms with Crippen LogP contribution >= 0.6 is 0 Å². The predicted octanol–water partition coefficient (Wildman–Crippen LogP) is 2.56. The fraction of sp³-hybridized carbons (Fsp3) is 0.571. The monoisotopic (exact) mass is 218 g/mol. The molecule has 2 heteroatoms. The molecule has 0 radical (unpaired) electrons. The predicted molar refractivity (Wildman–Crippen MR) is 69.9 cm³/mol. The summed E-state index contributed by atoms with van der Waals surface area (Å²) in [5.41, 5.74) is 4.20. The summed E-state index contributed by atoms with van der Waals surface area (Å²) in [4.78, 5) is 2.52. The number of benzene rings is 1. The lowest BCUT2D eigenvalue weighted by molar-refractivity contribution is 0.659. The van der Waals surface area contributed by atoms with Crippen LogP contribution in [0.3, 0.4) is 0 Å². The van der Waals surface area contributed by atoms with E-state index in [1.807, 2.05) is 7.05 Å². The molecule has 0 saturated carbocycles. The Morgan fingerprint density at radius 2 is 2.25 bits per heavy atom. The first-order valence-corrected chi connectivity index (χ1v) is 6.20. The number of nitrogens with one attached hydrogen (secondary N) is 1. The van der Waals surface area contributed by atoms with E-state index in [0.717, 1.165) is 12.5 Å². The van der Waals surface area contributed by atoms with Crippen LogP contribution in [0.15, 0.2) is 18.2 Å². The number of hydrogen-bond donors (Lipinski definition) is 1. The third-order valence-electron chi connectivity index (χ3n) is 3.41. The summed E-state index contributed by atoms with van der Waals surface area (Å²) in [5, 5.41) is 3.19. The first kappa shape index (κ1) is 11.5. The van der Waals surface area contributed by atoms with Crippen molar-refractivity contribution in [2.24, 2.45) is 5.92 Å². The van der Waals surface area contributed by atoms with Gasteiger partial charge in [0.1, 0.15) is 0 Å². The van der Waals surface area contributed by atoms with E-state index < -0.39 is 0 Å². The highest BCUT2D eigenvalue weighted by Crippen LogP contribution is 2.27. The molecule has 0 spiro atoms. The van der Waals surface area contributed by atoms with Crippen LogP contribution in [0.1, 0.15) is 24.5 Å². The quantitative estimate of drug-likeness (QED) is 0.839. The fourth-order valence-electron chi connectivity index (χ4n) is 2.54. The zero-order valence-corrected chi connectivity index (χ0v) is 10.6. The van der Waals surface area contributed by atoms with Gasteiger partial charge in [-0.25, -0.2) is 0 Å². The summed E-state index contributed by atoms with van der Waals surface area (Å²) in [6.45, 7) is 7.94. The zero-order valence-electron chi connectivity index (χ0n) is 10.6. The average molecular weight is 218 g/mol. The zero-order chi connectivity index (χ0) is 11.5. The maximum Gasteiger partial charge on any atom is 0.0396 e. The summed E-state index contributed by atoms with van der Waals surface area (Å²) in [6, 6.07) is 6.82. The minimum absolute atomic E-state index is 0.844. The summed E-state index contributed by atoms with van der Waals surface area (Å²) < 4.78 is 0. The molecule has 1 heterocycles. The topological polar surface area (TPSA) is 15.3 Å². The van der Waals surface area contributed by atoms with Gasteiger partial charge in [-0.3, -0.25) is 0 Å². The lowest BCUT2D eigenvalue weighted by Gasteiger charge is -2.21. The summed E-state index contributed by atoms with van der Waals surface area (Å²) in [7, 11) is 1.99. The number of anilines is 1. The molecule has 0 aliphatic carbocycles. The van der Waals surface area contributed by atoms with E-state index in [1.165, 1.54) is 36.3 Å². The molecule has 1 saturated heterocycles. The lowest BCUT2D eigenvalue weighted by atomic mass is 10.1. The van der Waals surface area contributed by atoms with Gasteiger partial charge < -0.3 is 10.2 Å². The summed E-state index contributed by atoms with van der Waals surface area (Å²) in [5.74, 6) is 0.844. The highest BCUT2D eigenvalue weighted by Gasteiger charge is 2.19. The first-order chi connectivity index (χ1) is 7.70. The van der Waals surface area contributed by atoms with E-state index >= 15 is 0 Å². The van der Waals surface area contributed by atoms with Crippen LogP contribution in [-0.4, -0.2) is 20.1 Å². The molecular weight excluding hydrogens is 196 g/mol. The molecule has 1 aliphatic heterocycles. The Bertz CT molecular complexity index is 360. The number of aryl methyl sites for hydroxylation is 1. The highest BCUT2D eigenvalue weighted by atomic mass is 15.1. The van der Waals surface area contributed by atoms with Crippen LogP contribution in [0.4, 0.5) is 5.69 Å². The van der Waals surface area contributed by atoms with Gasteiger partial charge in [0, 0.05) is 25.3 Å². The van der Waals surface area contributed by atoms with Gasteiger partial charge in [0.2, 0.25) is 0 Å². The summed E-state index contributed by atoms with van der Waals surface area (Å²) in [6.07, 6.45) is 1.33. The molecule has 88 valence electrons. The van der Waals surface area contributed by atoms with Crippen LogP contribution < -0.4 is 10.2 Å². The Kier molecular flexibility index (Phi) is 3.49. The largest absolute Gasteiger partial charge is 0.371 e. The van der Waals surface area contributed by atoms with E-state index in [9.17, 15) is 0 Å². The Labute approximate surface area is 98.7 Å². The van der Waals surface area contributed by atoms with Gasteiger partial charge in [0.25, 0.3) is 0 Å². The second kappa shape index (κ2) is 4.88. The molecule has 1 fully saturated rings. The van der Waals surface area contributed by atoms with E-state index in [2.05, 4.69) is 42.3 Å². The molecule has 1 aromatic carbocycles. The molecule has 0 amide bonds. The third kappa shape index (κ3) is 2.38. The highest BCUT2D eigenvalue weighted by molar-refractivity contribution is 5.55. The SMILES string of the molecule is CNCc1ccc(N2CCC(C)C2)c(C)c1. The van der Waals surface area contributed by atoms with E-state index in [0.29, 0.717) is 0 Å². The van der Waals surface area contributed by atoms with Crippen molar-refractivity contribution in [1.29, 1.82) is 0 Å². The number of rotatable bonds is 3. The van der Waals surface area contributed by atoms with E-state index in [1.54, 1.807) is 0 Å². The van der Waals surface area contributed by atoms with Crippen molar-refractivity contribution in [2.75, 3.05) is 25.0 Å². The molecule has 1 aliphatic rings. The van der Waals surface area contributed by atoms with Gasteiger partial charge in [-0.05, 0) is 43.5 Å². The molecule has 1 unspecified atom stereocenters. The maximum absolute atomic E-state index is 3.19. The van der Waals surface area contributed by atoms with Crippen molar-refractivity contribution in [1.82, 2.24) is 5.32 Å². The van der Waals surface area contributed by atoms with Gasteiger partial charge in [-0.2, -0.15) is 0 Å². The minimum Gasteiger partial charge on any atom is -0.371 e. The Morgan fingerprint density at radius 1 is 1.44 bits per heavy atom. The van der Waals surface area contributed by atoms with Gasteiger partial charge in [0.15, 0.2) is 0 Å². The fourth-order valence-corrected chi connectivity index (χ4v) is 2.54. The molecular formula is C14H22N2. The molecule has 0 aromatic heterocycles. The van der Waals surface area contributed by atoms with Crippen molar-refractivity contribution >= 4 is 5.69 Å². The Hall–Kier alpha value is -1.02. The molecule has 0 bridgehead atoms. The smallest absolute Gasteiger partial charge is 0.0396 e. The minimum atomic E-state index is 0.844. The molecule has 1 aromatic rings. The molecule has 1 N–H and O–H groups in total. The maximum atomic E-state index is 3.19. The first-order valence-electron chi connectivity index (χ1n) is 6.20. The third-order valence-corrected chi connectivity index (χ3v) is 3.41. The second-order valence-corrected chi connectivity index (χ2v) is 4.99. The average Bonchev–Trinajstić information content (AvgIpc) is 2.65. The standard InChI is InChI=1S/C14H22N2/c1-11-6-7-16(10-11)14-5-4-13(9-15-3)8-12(14)2/h4-5,8,11,15H,6-7,9-10H2,1-3H3. The molecule has 1 atom stereocenters. The van der Waals surface area contributed by atoms with Crippen molar-refractivity contribution in [3.63, 3.8) is 0 Å². The van der Waals surface area contributed by atoms with Gasteiger partial charge in [-0.15, -0.1) is 0 Å². The second-order valence-electron chi connectivity index (χ2n) is 4.99. The Morgan fingerprint density at radius 3 is 2.81 bits per heavy atom. The van der Waals surface area contributed by atoms with Gasteiger partial charge in [-0.1, -0.05) is 19.1 Å². The molecule has 2 rings (SSSR count). The Balaban J connectivity index is 2.16. The van der Waals surface area contributed by atoms with Crippen LogP contribution in [0.5, 0.6) is 0 Å². The van der Waals surface area contributed by atoms with Gasteiger partial charge >= 0.3 is 0 Å². The van der Waals surface area contributed by atoms with E-state index in [-0.39, 0.29) is 0 Å². The van der Waals surface area contributed by atoms with Crippen LogP contribution in [0, 0.1) is 12.8 Å². The van der Waals surface area contributed by atoms with Crippen LogP contribution in [-0.2, 0) is 6.54 Å². The van der Waals surface area contributed by atoms with Crippen LogP contribution in [0.25, 0.3) is 0 Å².